The van der Waals surface area contributed by atoms with Gasteiger partial charge in [0, 0.05) is 16.5 Å². The average Bonchev–Trinajstić information content (AvgIpc) is 2.11. The second-order valence-electron chi connectivity index (χ2n) is 3.72. The lowest BCUT2D eigenvalue weighted by atomic mass is 9.99. The van der Waals surface area contributed by atoms with Gasteiger partial charge in [-0.3, -0.25) is 0 Å². The summed E-state index contributed by atoms with van der Waals surface area (Å²) in [6.07, 6.45) is 0.114. The highest BCUT2D eigenvalue weighted by atomic mass is 35.5. The van der Waals surface area contributed by atoms with Crippen LogP contribution in [0, 0.1) is 5.92 Å². The Hall–Kier alpha value is -0.240. The minimum absolute atomic E-state index is 0.210. The molecule has 3 heteroatoms. The van der Waals surface area contributed by atoms with Crippen molar-refractivity contribution in [2.75, 3.05) is 0 Å². The van der Waals surface area contributed by atoms with Gasteiger partial charge in [-0.2, -0.15) is 0 Å². The summed E-state index contributed by atoms with van der Waals surface area (Å²) in [6, 6.07) is 5.38. The van der Waals surface area contributed by atoms with Gasteiger partial charge in [0.1, 0.15) is 0 Å². The summed E-state index contributed by atoms with van der Waals surface area (Å²) in [5, 5.41) is 11.0. The molecule has 0 bridgehead atoms. The molecule has 1 N–H and O–H groups in total. The third-order valence-corrected chi connectivity index (χ3v) is 2.95. The molecule has 0 aromatic heterocycles. The largest absolute Gasteiger partial charge is 0.393 e. The highest BCUT2D eigenvalue weighted by Crippen LogP contribution is 2.26. The van der Waals surface area contributed by atoms with Gasteiger partial charge >= 0.3 is 0 Å². The molecule has 1 aromatic rings. The fourth-order valence-electron chi connectivity index (χ4n) is 1.17. The summed E-state index contributed by atoms with van der Waals surface area (Å²) in [5.41, 5.74) is 0.831. The van der Waals surface area contributed by atoms with Crippen molar-refractivity contribution in [3.8, 4) is 0 Å². The summed E-state index contributed by atoms with van der Waals surface area (Å²) >= 11 is 12.0. The van der Waals surface area contributed by atoms with E-state index in [0.717, 1.165) is 5.56 Å². The summed E-state index contributed by atoms with van der Waals surface area (Å²) in [4.78, 5) is 0. The Morgan fingerprint density at radius 2 is 1.71 bits per heavy atom. The smallest absolute Gasteiger partial charge is 0.0604 e. The van der Waals surface area contributed by atoms with E-state index < -0.39 is 6.10 Å². The predicted molar refractivity (Wildman–Crippen MR) is 61.0 cm³/mol. The van der Waals surface area contributed by atoms with Crippen LogP contribution in [0.25, 0.3) is 0 Å². The van der Waals surface area contributed by atoms with Crippen molar-refractivity contribution >= 4 is 23.2 Å². The molecule has 0 aliphatic carbocycles. The van der Waals surface area contributed by atoms with Crippen molar-refractivity contribution in [3.05, 3.63) is 33.8 Å². The molecule has 1 nitrogen and oxygen atoms in total. The van der Waals surface area contributed by atoms with E-state index in [4.69, 9.17) is 23.2 Å². The minimum atomic E-state index is -0.396. The highest BCUT2D eigenvalue weighted by Gasteiger charge is 2.14. The normalized spacial score (nSPS) is 13.3. The summed E-state index contributed by atoms with van der Waals surface area (Å²) < 4.78 is 0. The maximum absolute atomic E-state index is 9.71. The second-order valence-corrected chi connectivity index (χ2v) is 4.53. The van der Waals surface area contributed by atoms with Crippen LogP contribution in [0.4, 0.5) is 0 Å². The van der Waals surface area contributed by atoms with Gasteiger partial charge in [0.2, 0.25) is 0 Å². The van der Waals surface area contributed by atoms with Crippen LogP contribution in [0.5, 0.6) is 0 Å². The van der Waals surface area contributed by atoms with E-state index in [9.17, 15) is 5.11 Å². The van der Waals surface area contributed by atoms with Crippen LogP contribution in [0.3, 0.4) is 0 Å². The van der Waals surface area contributed by atoms with Gasteiger partial charge < -0.3 is 5.11 Å². The third-order valence-electron chi connectivity index (χ3n) is 2.24. The molecular formula is C11H14Cl2O. The molecular weight excluding hydrogens is 219 g/mol. The molecule has 0 saturated carbocycles. The Balaban J connectivity index is 2.85. The van der Waals surface area contributed by atoms with Gasteiger partial charge in [-0.15, -0.1) is 0 Å². The predicted octanol–water partition coefficient (Wildman–Crippen LogP) is 3.55. The minimum Gasteiger partial charge on any atom is -0.393 e. The van der Waals surface area contributed by atoms with Crippen LogP contribution in [0.15, 0.2) is 18.2 Å². The molecule has 78 valence electrons. The molecule has 1 rings (SSSR count). The average molecular weight is 233 g/mol. The van der Waals surface area contributed by atoms with Crippen LogP contribution >= 0.6 is 23.2 Å². The van der Waals surface area contributed by atoms with Crippen molar-refractivity contribution in [1.29, 1.82) is 0 Å². The number of aliphatic hydroxyl groups excluding tert-OH is 1. The first-order valence-electron chi connectivity index (χ1n) is 4.63. The quantitative estimate of drug-likeness (QED) is 0.846. The summed E-state index contributed by atoms with van der Waals surface area (Å²) in [5.74, 6) is 0.210. The Bertz CT molecular complexity index is 290. The third kappa shape index (κ3) is 2.88. The number of aliphatic hydroxyl groups is 1. The van der Waals surface area contributed by atoms with Crippen molar-refractivity contribution in [2.45, 2.75) is 26.4 Å². The van der Waals surface area contributed by atoms with Gasteiger partial charge in [0.25, 0.3) is 0 Å². The Morgan fingerprint density at radius 3 is 2.14 bits per heavy atom. The lowest BCUT2D eigenvalue weighted by Gasteiger charge is -2.15. The van der Waals surface area contributed by atoms with E-state index in [0.29, 0.717) is 16.5 Å². The van der Waals surface area contributed by atoms with Crippen LogP contribution < -0.4 is 0 Å². The first kappa shape index (κ1) is 11.8. The zero-order valence-electron chi connectivity index (χ0n) is 8.30. The first-order valence-corrected chi connectivity index (χ1v) is 5.39. The van der Waals surface area contributed by atoms with Gasteiger partial charge in [-0.1, -0.05) is 43.1 Å². The van der Waals surface area contributed by atoms with Crippen LogP contribution in [0.2, 0.25) is 10.0 Å². The lowest BCUT2D eigenvalue weighted by Crippen LogP contribution is -2.18. The number of hydrogen-bond acceptors (Lipinski definition) is 1. The van der Waals surface area contributed by atoms with Crippen LogP contribution in [-0.2, 0) is 6.42 Å². The Morgan fingerprint density at radius 1 is 1.21 bits per heavy atom. The summed E-state index contributed by atoms with van der Waals surface area (Å²) in [7, 11) is 0. The maximum atomic E-state index is 9.71. The van der Waals surface area contributed by atoms with Gasteiger partial charge in [0.05, 0.1) is 6.10 Å². The monoisotopic (exact) mass is 232 g/mol. The fraction of sp³-hybridized carbons (Fsp3) is 0.455. The molecule has 0 fully saturated rings. The van der Waals surface area contributed by atoms with E-state index in [-0.39, 0.29) is 5.92 Å². The van der Waals surface area contributed by atoms with Gasteiger partial charge in [0.15, 0.2) is 0 Å². The van der Waals surface area contributed by atoms with Gasteiger partial charge in [-0.05, 0) is 23.6 Å². The molecule has 1 aromatic carbocycles. The van der Waals surface area contributed by atoms with Crippen LogP contribution in [0.1, 0.15) is 19.4 Å². The molecule has 1 atom stereocenters. The SMILES string of the molecule is CC(C)[C@H](O)Cc1c(Cl)cccc1Cl. The molecule has 0 heterocycles. The lowest BCUT2D eigenvalue weighted by molar-refractivity contribution is 0.126. The number of hydrogen-bond donors (Lipinski definition) is 1. The zero-order chi connectivity index (χ0) is 10.7. The first-order chi connectivity index (χ1) is 6.52. The summed E-state index contributed by atoms with van der Waals surface area (Å²) in [6.45, 7) is 3.94. The molecule has 0 amide bonds. The molecule has 0 radical (unpaired) electrons. The molecule has 0 aliphatic heterocycles. The van der Waals surface area contributed by atoms with Crippen molar-refractivity contribution in [2.24, 2.45) is 5.92 Å². The van der Waals surface area contributed by atoms with Crippen LogP contribution in [-0.4, -0.2) is 11.2 Å². The topological polar surface area (TPSA) is 20.2 Å². The number of benzene rings is 1. The van der Waals surface area contributed by atoms with Crippen molar-refractivity contribution in [3.63, 3.8) is 0 Å². The Kier molecular flexibility index (Phi) is 4.24. The standard InChI is InChI=1S/C11H14Cl2O/c1-7(2)11(14)6-8-9(12)4-3-5-10(8)13/h3-5,7,11,14H,6H2,1-2H3/t11-/m1/s1. The molecule has 0 spiro atoms. The number of rotatable bonds is 3. The highest BCUT2D eigenvalue weighted by molar-refractivity contribution is 6.35. The number of halogens is 2. The van der Waals surface area contributed by atoms with E-state index in [1.165, 1.54) is 0 Å². The Labute approximate surface area is 94.7 Å². The van der Waals surface area contributed by atoms with E-state index in [1.807, 2.05) is 13.8 Å². The fourth-order valence-corrected chi connectivity index (χ4v) is 1.72. The molecule has 14 heavy (non-hydrogen) atoms. The van der Waals surface area contributed by atoms with Crippen molar-refractivity contribution < 1.29 is 5.11 Å². The maximum Gasteiger partial charge on any atom is 0.0604 e. The van der Waals surface area contributed by atoms with E-state index >= 15 is 0 Å². The zero-order valence-corrected chi connectivity index (χ0v) is 9.81. The van der Waals surface area contributed by atoms with Gasteiger partial charge in [-0.25, -0.2) is 0 Å². The molecule has 0 unspecified atom stereocenters. The van der Waals surface area contributed by atoms with E-state index in [1.54, 1.807) is 18.2 Å². The van der Waals surface area contributed by atoms with E-state index in [2.05, 4.69) is 0 Å². The van der Waals surface area contributed by atoms with Crippen molar-refractivity contribution in [1.82, 2.24) is 0 Å². The molecule has 0 saturated heterocycles. The molecule has 0 aliphatic rings. The second kappa shape index (κ2) is 5.01.